The van der Waals surface area contributed by atoms with Crippen molar-refractivity contribution >= 4 is 17.6 Å². The molecule has 128 valence electrons. The zero-order valence-electron chi connectivity index (χ0n) is 14.5. The summed E-state index contributed by atoms with van der Waals surface area (Å²) >= 11 is 0. The molecule has 1 aromatic heterocycles. The van der Waals surface area contributed by atoms with Crippen molar-refractivity contribution in [3.63, 3.8) is 0 Å². The van der Waals surface area contributed by atoms with E-state index < -0.39 is 5.97 Å². The van der Waals surface area contributed by atoms with Gasteiger partial charge in [-0.05, 0) is 35.1 Å². The Bertz CT molecular complexity index is 676. The van der Waals surface area contributed by atoms with Crippen LogP contribution in [0.1, 0.15) is 61.2 Å². The molecule has 0 aliphatic heterocycles. The number of ether oxygens (including phenoxy) is 1. The molecule has 0 saturated heterocycles. The van der Waals surface area contributed by atoms with Crippen molar-refractivity contribution in [3.05, 3.63) is 53.5 Å². The summed E-state index contributed by atoms with van der Waals surface area (Å²) in [7, 11) is 0. The van der Waals surface area contributed by atoms with E-state index in [1.165, 1.54) is 12.3 Å². The molecular weight excluding hydrogens is 306 g/mol. The van der Waals surface area contributed by atoms with Gasteiger partial charge in [-0.15, -0.1) is 0 Å². The van der Waals surface area contributed by atoms with Crippen molar-refractivity contribution in [1.82, 2.24) is 0 Å². The number of para-hydroxylation sites is 1. The average Bonchev–Trinajstić information content (AvgIpc) is 3.06. The van der Waals surface area contributed by atoms with Crippen molar-refractivity contribution in [2.24, 2.45) is 0 Å². The summed E-state index contributed by atoms with van der Waals surface area (Å²) in [6.07, 6.45) is 1.38. The summed E-state index contributed by atoms with van der Waals surface area (Å²) in [6.45, 7) is 7.94. The van der Waals surface area contributed by atoms with E-state index >= 15 is 0 Å². The Labute approximate surface area is 142 Å². The molecule has 0 saturated carbocycles. The minimum atomic E-state index is -0.656. The highest BCUT2D eigenvalue weighted by atomic mass is 16.5. The minimum Gasteiger partial charge on any atom is -0.457 e. The monoisotopic (exact) mass is 329 g/mol. The predicted molar refractivity (Wildman–Crippen MR) is 92.2 cm³/mol. The van der Waals surface area contributed by atoms with Crippen LogP contribution in [-0.2, 0) is 9.53 Å². The largest absolute Gasteiger partial charge is 0.457 e. The molecule has 5 nitrogen and oxygen atoms in total. The second-order valence-electron chi connectivity index (χ2n) is 6.22. The Balaban J connectivity index is 2.09. The first-order valence-electron chi connectivity index (χ1n) is 8.03. The molecule has 1 N–H and O–H groups in total. The third kappa shape index (κ3) is 4.25. The first-order chi connectivity index (χ1) is 11.4. The van der Waals surface area contributed by atoms with Crippen molar-refractivity contribution in [2.45, 2.75) is 39.5 Å². The van der Waals surface area contributed by atoms with Gasteiger partial charge in [0.15, 0.2) is 6.61 Å². The maximum atomic E-state index is 12.2. The van der Waals surface area contributed by atoms with Gasteiger partial charge in [0.1, 0.15) is 0 Å². The van der Waals surface area contributed by atoms with Gasteiger partial charge < -0.3 is 14.5 Å². The molecule has 0 aliphatic rings. The fourth-order valence-electron chi connectivity index (χ4n) is 2.47. The van der Waals surface area contributed by atoms with Crippen LogP contribution in [0.5, 0.6) is 0 Å². The standard InChI is InChI=1S/C19H23NO4/c1-12(2)14-7-5-8-15(13(3)4)18(14)20-17(21)11-24-19(22)16-9-6-10-23-16/h5-10,12-13H,11H2,1-4H3,(H,20,21). The van der Waals surface area contributed by atoms with Gasteiger partial charge in [-0.1, -0.05) is 45.9 Å². The summed E-state index contributed by atoms with van der Waals surface area (Å²) in [6, 6.07) is 9.08. The van der Waals surface area contributed by atoms with Crippen LogP contribution in [-0.4, -0.2) is 18.5 Å². The van der Waals surface area contributed by atoms with E-state index in [9.17, 15) is 9.59 Å². The topological polar surface area (TPSA) is 68.5 Å². The Morgan fingerprint density at radius 1 is 1.04 bits per heavy atom. The van der Waals surface area contributed by atoms with E-state index in [0.29, 0.717) is 0 Å². The lowest BCUT2D eigenvalue weighted by Crippen LogP contribution is -2.22. The summed E-state index contributed by atoms with van der Waals surface area (Å²) in [4.78, 5) is 23.9. The summed E-state index contributed by atoms with van der Waals surface area (Å²) < 4.78 is 9.92. The minimum absolute atomic E-state index is 0.0771. The molecule has 0 aliphatic carbocycles. The lowest BCUT2D eigenvalue weighted by molar-refractivity contribution is -0.119. The van der Waals surface area contributed by atoms with Gasteiger partial charge in [-0.25, -0.2) is 4.79 Å². The lowest BCUT2D eigenvalue weighted by Gasteiger charge is -2.20. The van der Waals surface area contributed by atoms with Crippen LogP contribution in [0, 0.1) is 0 Å². The van der Waals surface area contributed by atoms with Gasteiger partial charge in [0, 0.05) is 5.69 Å². The molecule has 0 atom stereocenters. The number of esters is 1. The molecule has 0 radical (unpaired) electrons. The van der Waals surface area contributed by atoms with E-state index in [4.69, 9.17) is 9.15 Å². The molecule has 2 rings (SSSR count). The fraction of sp³-hybridized carbons (Fsp3) is 0.368. The highest BCUT2D eigenvalue weighted by Crippen LogP contribution is 2.32. The van der Waals surface area contributed by atoms with Gasteiger partial charge in [-0.2, -0.15) is 0 Å². The number of benzene rings is 1. The number of carbonyl (C=O) groups is 2. The molecule has 0 fully saturated rings. The van der Waals surface area contributed by atoms with Crippen LogP contribution in [0.2, 0.25) is 0 Å². The Kier molecular flexibility index (Phi) is 5.79. The van der Waals surface area contributed by atoms with Crippen molar-refractivity contribution in [2.75, 3.05) is 11.9 Å². The van der Waals surface area contributed by atoms with Crippen LogP contribution in [0.25, 0.3) is 0 Å². The van der Waals surface area contributed by atoms with E-state index in [1.807, 2.05) is 18.2 Å². The number of hydrogen-bond donors (Lipinski definition) is 1. The number of amides is 1. The SMILES string of the molecule is CC(C)c1cccc(C(C)C)c1NC(=O)COC(=O)c1ccco1. The van der Waals surface area contributed by atoms with Crippen molar-refractivity contribution < 1.29 is 18.7 Å². The number of anilines is 1. The van der Waals surface area contributed by atoms with Gasteiger partial charge >= 0.3 is 5.97 Å². The molecule has 1 amide bonds. The molecule has 2 aromatic rings. The zero-order chi connectivity index (χ0) is 17.7. The molecule has 0 unspecified atom stereocenters. The van der Waals surface area contributed by atoms with Crippen LogP contribution in [0.3, 0.4) is 0 Å². The molecule has 0 spiro atoms. The Morgan fingerprint density at radius 2 is 1.67 bits per heavy atom. The number of hydrogen-bond acceptors (Lipinski definition) is 4. The van der Waals surface area contributed by atoms with E-state index in [2.05, 4.69) is 33.0 Å². The average molecular weight is 329 g/mol. The number of rotatable bonds is 6. The van der Waals surface area contributed by atoms with Crippen molar-refractivity contribution in [1.29, 1.82) is 0 Å². The second-order valence-corrected chi connectivity index (χ2v) is 6.22. The van der Waals surface area contributed by atoms with Gasteiger partial charge in [-0.3, -0.25) is 4.79 Å². The van der Waals surface area contributed by atoms with Crippen LogP contribution >= 0.6 is 0 Å². The lowest BCUT2D eigenvalue weighted by atomic mass is 9.92. The normalized spacial score (nSPS) is 10.9. The molecule has 24 heavy (non-hydrogen) atoms. The fourth-order valence-corrected chi connectivity index (χ4v) is 2.47. The predicted octanol–water partition coefficient (Wildman–Crippen LogP) is 4.32. The Morgan fingerprint density at radius 3 is 2.17 bits per heavy atom. The quantitative estimate of drug-likeness (QED) is 0.801. The van der Waals surface area contributed by atoms with E-state index in [-0.39, 0.29) is 30.1 Å². The van der Waals surface area contributed by atoms with Gasteiger partial charge in [0.25, 0.3) is 5.91 Å². The van der Waals surface area contributed by atoms with Crippen LogP contribution < -0.4 is 5.32 Å². The third-order valence-corrected chi connectivity index (χ3v) is 3.69. The van der Waals surface area contributed by atoms with E-state index in [1.54, 1.807) is 6.07 Å². The summed E-state index contributed by atoms with van der Waals surface area (Å²) in [5.74, 6) is -0.413. The number of furan rings is 1. The molecular formula is C19H23NO4. The molecule has 1 aromatic carbocycles. The van der Waals surface area contributed by atoms with Crippen LogP contribution in [0.4, 0.5) is 5.69 Å². The molecule has 5 heteroatoms. The summed E-state index contributed by atoms with van der Waals surface area (Å²) in [5, 5.41) is 2.90. The zero-order valence-corrected chi connectivity index (χ0v) is 14.5. The number of nitrogens with one attached hydrogen (secondary N) is 1. The highest BCUT2D eigenvalue weighted by Gasteiger charge is 2.17. The van der Waals surface area contributed by atoms with E-state index in [0.717, 1.165) is 16.8 Å². The second kappa shape index (κ2) is 7.81. The smallest absolute Gasteiger partial charge is 0.374 e. The first-order valence-corrected chi connectivity index (χ1v) is 8.03. The van der Waals surface area contributed by atoms with Crippen LogP contribution in [0.15, 0.2) is 41.0 Å². The molecule has 0 bridgehead atoms. The Hall–Kier alpha value is -2.56. The van der Waals surface area contributed by atoms with Crippen molar-refractivity contribution in [3.8, 4) is 0 Å². The highest BCUT2D eigenvalue weighted by molar-refractivity contribution is 5.95. The first kappa shape index (κ1) is 17.8. The number of carbonyl (C=O) groups excluding carboxylic acids is 2. The summed E-state index contributed by atoms with van der Waals surface area (Å²) in [5.41, 5.74) is 2.93. The van der Waals surface area contributed by atoms with Gasteiger partial charge in [0.05, 0.1) is 6.26 Å². The van der Waals surface area contributed by atoms with Gasteiger partial charge in [0.2, 0.25) is 5.76 Å². The maximum absolute atomic E-state index is 12.2. The molecule has 1 heterocycles. The maximum Gasteiger partial charge on any atom is 0.374 e. The third-order valence-electron chi connectivity index (χ3n) is 3.69.